The molecular formula is C11H5ClN2OS2. The van der Waals surface area contributed by atoms with Gasteiger partial charge in [0.15, 0.2) is 5.17 Å². The van der Waals surface area contributed by atoms with Crippen molar-refractivity contribution in [3.05, 3.63) is 46.4 Å². The van der Waals surface area contributed by atoms with Crippen molar-refractivity contribution in [1.82, 2.24) is 0 Å². The summed E-state index contributed by atoms with van der Waals surface area (Å²) in [6.45, 7) is 0. The molecule has 0 spiro atoms. The van der Waals surface area contributed by atoms with Gasteiger partial charge in [0.2, 0.25) is 5.78 Å². The standard InChI is InChI=1S/C11H5ClN2OS2/c12-11-10(16-17-14-11)8(6-13)9(15)7-4-2-1-3-5-7/h1-5H/b10-8-. The Morgan fingerprint density at radius 2 is 2.06 bits per heavy atom. The van der Waals surface area contributed by atoms with E-state index in [0.717, 1.165) is 11.0 Å². The van der Waals surface area contributed by atoms with Crippen molar-refractivity contribution in [3.63, 3.8) is 0 Å². The van der Waals surface area contributed by atoms with Gasteiger partial charge in [-0.05, 0) is 10.8 Å². The molecule has 0 aromatic heterocycles. The summed E-state index contributed by atoms with van der Waals surface area (Å²) >= 11 is 5.83. The summed E-state index contributed by atoms with van der Waals surface area (Å²) < 4.78 is 3.86. The van der Waals surface area contributed by atoms with Crippen LogP contribution in [-0.4, -0.2) is 11.0 Å². The zero-order valence-corrected chi connectivity index (χ0v) is 10.8. The van der Waals surface area contributed by atoms with Crippen molar-refractivity contribution in [2.75, 3.05) is 0 Å². The van der Waals surface area contributed by atoms with Crippen LogP contribution >= 0.6 is 33.4 Å². The van der Waals surface area contributed by atoms with Gasteiger partial charge in [-0.15, -0.1) is 0 Å². The molecule has 6 heteroatoms. The van der Waals surface area contributed by atoms with Gasteiger partial charge >= 0.3 is 0 Å². The molecule has 0 saturated carbocycles. The summed E-state index contributed by atoms with van der Waals surface area (Å²) in [5.74, 6) is -0.327. The molecule has 1 aromatic carbocycles. The Labute approximate surface area is 111 Å². The summed E-state index contributed by atoms with van der Waals surface area (Å²) in [5.41, 5.74) is 0.512. The molecular weight excluding hydrogens is 276 g/mol. The third kappa shape index (κ3) is 2.55. The van der Waals surface area contributed by atoms with E-state index in [1.165, 1.54) is 10.8 Å². The minimum absolute atomic E-state index is 0.0416. The normalized spacial score (nSPS) is 17.3. The average molecular weight is 281 g/mol. The smallest absolute Gasteiger partial charge is 0.204 e. The SMILES string of the molecule is N#C/C(C(=O)c1ccccc1)=C1/SSN=C1Cl. The Balaban J connectivity index is 2.43. The highest BCUT2D eigenvalue weighted by Gasteiger charge is 2.24. The third-order valence-electron chi connectivity index (χ3n) is 2.03. The maximum atomic E-state index is 12.1. The fourth-order valence-electron chi connectivity index (χ4n) is 1.25. The number of carbonyl (C=O) groups excluding carboxylic acids is 1. The molecule has 0 bridgehead atoms. The van der Waals surface area contributed by atoms with E-state index in [9.17, 15) is 4.79 Å². The summed E-state index contributed by atoms with van der Waals surface area (Å²) in [6.07, 6.45) is 0. The van der Waals surface area contributed by atoms with E-state index < -0.39 is 0 Å². The molecule has 1 heterocycles. The Morgan fingerprint density at radius 1 is 1.35 bits per heavy atom. The first kappa shape index (κ1) is 12.2. The minimum atomic E-state index is -0.327. The lowest BCUT2D eigenvalue weighted by Gasteiger charge is -2.01. The van der Waals surface area contributed by atoms with E-state index in [0.29, 0.717) is 10.5 Å². The molecule has 0 radical (unpaired) electrons. The van der Waals surface area contributed by atoms with Crippen molar-refractivity contribution in [1.29, 1.82) is 5.26 Å². The fourth-order valence-corrected chi connectivity index (χ4v) is 3.53. The molecule has 1 aliphatic rings. The van der Waals surface area contributed by atoms with E-state index >= 15 is 0 Å². The molecule has 0 unspecified atom stereocenters. The molecule has 3 nitrogen and oxygen atoms in total. The molecule has 84 valence electrons. The average Bonchev–Trinajstić information content (AvgIpc) is 2.78. The third-order valence-corrected chi connectivity index (χ3v) is 4.36. The number of benzene rings is 1. The summed E-state index contributed by atoms with van der Waals surface area (Å²) in [7, 11) is 2.38. The molecule has 1 aliphatic heterocycles. The zero-order valence-electron chi connectivity index (χ0n) is 8.38. The topological polar surface area (TPSA) is 53.2 Å². The van der Waals surface area contributed by atoms with Crippen molar-refractivity contribution in [2.24, 2.45) is 4.40 Å². The predicted octanol–water partition coefficient (Wildman–Crippen LogP) is 3.59. The van der Waals surface area contributed by atoms with Gasteiger partial charge < -0.3 is 0 Å². The molecule has 0 atom stereocenters. The number of rotatable bonds is 2. The van der Waals surface area contributed by atoms with E-state index in [-0.39, 0.29) is 16.5 Å². The summed E-state index contributed by atoms with van der Waals surface area (Å²) in [4.78, 5) is 12.5. The number of nitrogens with zero attached hydrogens (tertiary/aromatic N) is 2. The quantitative estimate of drug-likeness (QED) is 0.273. The van der Waals surface area contributed by atoms with Crippen LogP contribution in [-0.2, 0) is 0 Å². The van der Waals surface area contributed by atoms with Gasteiger partial charge in [0.05, 0.1) is 15.9 Å². The first-order chi connectivity index (χ1) is 8.24. The van der Waals surface area contributed by atoms with Crippen molar-refractivity contribution >= 4 is 44.3 Å². The van der Waals surface area contributed by atoms with Gasteiger partial charge in [-0.3, -0.25) is 4.79 Å². The number of hydrogen-bond acceptors (Lipinski definition) is 5. The van der Waals surface area contributed by atoms with Crippen LogP contribution in [0.15, 0.2) is 45.2 Å². The van der Waals surface area contributed by atoms with Crippen LogP contribution in [0.1, 0.15) is 10.4 Å². The van der Waals surface area contributed by atoms with E-state index in [1.807, 2.05) is 12.1 Å². The van der Waals surface area contributed by atoms with Crippen molar-refractivity contribution in [3.8, 4) is 6.07 Å². The van der Waals surface area contributed by atoms with Crippen LogP contribution in [0.4, 0.5) is 0 Å². The first-order valence-corrected chi connectivity index (χ1v) is 7.04. The summed E-state index contributed by atoms with van der Waals surface area (Å²) in [5, 5.41) is 9.28. The van der Waals surface area contributed by atoms with Gasteiger partial charge in [0.25, 0.3) is 0 Å². The molecule has 0 fully saturated rings. The zero-order chi connectivity index (χ0) is 12.3. The number of halogens is 1. The Bertz CT molecular complexity index is 561. The highest BCUT2D eigenvalue weighted by Crippen LogP contribution is 2.42. The van der Waals surface area contributed by atoms with Crippen LogP contribution in [0.2, 0.25) is 0 Å². The largest absolute Gasteiger partial charge is 0.288 e. The molecule has 0 saturated heterocycles. The number of hydrogen-bond donors (Lipinski definition) is 0. The molecule has 0 N–H and O–H groups in total. The Hall–Kier alpha value is -1.22. The first-order valence-electron chi connectivity index (χ1n) is 4.55. The van der Waals surface area contributed by atoms with Crippen LogP contribution < -0.4 is 0 Å². The van der Waals surface area contributed by atoms with Crippen molar-refractivity contribution in [2.45, 2.75) is 0 Å². The Morgan fingerprint density at radius 3 is 2.59 bits per heavy atom. The van der Waals surface area contributed by atoms with E-state index in [2.05, 4.69) is 4.40 Å². The number of allylic oxidation sites excluding steroid dienone is 2. The summed E-state index contributed by atoms with van der Waals surface area (Å²) in [6, 6.07) is 10.5. The van der Waals surface area contributed by atoms with Crippen LogP contribution in [0.3, 0.4) is 0 Å². The molecule has 0 aliphatic carbocycles. The van der Waals surface area contributed by atoms with Crippen LogP contribution in [0.25, 0.3) is 0 Å². The van der Waals surface area contributed by atoms with Gasteiger partial charge in [0.1, 0.15) is 11.6 Å². The number of Topliss-reactive ketones (excluding diaryl/α,β-unsaturated/α-hetero) is 1. The molecule has 17 heavy (non-hydrogen) atoms. The predicted molar refractivity (Wildman–Crippen MR) is 71.9 cm³/mol. The van der Waals surface area contributed by atoms with Crippen LogP contribution in [0.5, 0.6) is 0 Å². The van der Waals surface area contributed by atoms with Crippen LogP contribution in [0, 0.1) is 11.3 Å². The second-order valence-corrected chi connectivity index (χ2v) is 5.26. The second kappa shape index (κ2) is 5.41. The number of nitriles is 1. The lowest BCUT2D eigenvalue weighted by Crippen LogP contribution is -2.05. The fraction of sp³-hybridized carbons (Fsp3) is 0. The lowest BCUT2D eigenvalue weighted by molar-refractivity contribution is 0.103. The van der Waals surface area contributed by atoms with E-state index in [4.69, 9.17) is 16.9 Å². The lowest BCUT2D eigenvalue weighted by atomic mass is 10.0. The number of carbonyl (C=O) groups is 1. The van der Waals surface area contributed by atoms with Crippen molar-refractivity contribution < 1.29 is 4.79 Å². The van der Waals surface area contributed by atoms with Gasteiger partial charge in [-0.2, -0.15) is 9.66 Å². The highest BCUT2D eigenvalue weighted by atomic mass is 35.5. The molecule has 1 aromatic rings. The van der Waals surface area contributed by atoms with Gasteiger partial charge in [0, 0.05) is 5.56 Å². The molecule has 2 rings (SSSR count). The monoisotopic (exact) mass is 280 g/mol. The van der Waals surface area contributed by atoms with E-state index in [1.54, 1.807) is 24.3 Å². The Kier molecular flexibility index (Phi) is 3.89. The maximum absolute atomic E-state index is 12.1. The van der Waals surface area contributed by atoms with Gasteiger partial charge in [-0.25, -0.2) is 0 Å². The second-order valence-electron chi connectivity index (χ2n) is 3.05. The highest BCUT2D eigenvalue weighted by molar-refractivity contribution is 8.78. The minimum Gasteiger partial charge on any atom is -0.288 e. The maximum Gasteiger partial charge on any atom is 0.204 e. The molecule has 0 amide bonds. The number of ketones is 1. The van der Waals surface area contributed by atoms with Gasteiger partial charge in [-0.1, -0.05) is 41.9 Å².